The second kappa shape index (κ2) is 8.75. The Hall–Kier alpha value is -2.40. The summed E-state index contributed by atoms with van der Waals surface area (Å²) in [6, 6.07) is 14.5. The first-order valence-electron chi connectivity index (χ1n) is 12.5. The summed E-state index contributed by atoms with van der Waals surface area (Å²) in [4.78, 5) is 14.7. The molecule has 1 N–H and O–H groups in total. The third-order valence-corrected chi connectivity index (χ3v) is 8.75. The summed E-state index contributed by atoms with van der Waals surface area (Å²) in [5.41, 5.74) is 4.96. The minimum absolute atomic E-state index is 0.120. The van der Waals surface area contributed by atoms with E-state index in [0.717, 1.165) is 31.0 Å². The largest absolute Gasteiger partial charge is 0.450 e. The van der Waals surface area contributed by atoms with Crippen LogP contribution in [0.15, 0.2) is 42.5 Å². The molecule has 4 nitrogen and oxygen atoms in total. The number of nitrogens with one attached hydrogen (secondary N) is 1. The fourth-order valence-corrected chi connectivity index (χ4v) is 6.95. The van der Waals surface area contributed by atoms with Crippen LogP contribution >= 0.6 is 0 Å². The lowest BCUT2D eigenvalue weighted by Gasteiger charge is -2.61. The number of hydrogen-bond acceptors (Lipinski definition) is 3. The summed E-state index contributed by atoms with van der Waals surface area (Å²) >= 11 is 0. The number of fused-ring (bicyclic) bond motifs is 3. The van der Waals surface area contributed by atoms with Crippen molar-refractivity contribution in [1.29, 1.82) is 0 Å². The Balaban J connectivity index is 1.42. The van der Waals surface area contributed by atoms with E-state index >= 15 is 0 Å². The number of carbonyl (C=O) groups excluding carboxylic acids is 1. The van der Waals surface area contributed by atoms with Gasteiger partial charge in [0.1, 0.15) is 5.82 Å². The zero-order chi connectivity index (χ0) is 23.2. The Labute approximate surface area is 196 Å². The van der Waals surface area contributed by atoms with Crippen LogP contribution in [0.25, 0.3) is 0 Å². The van der Waals surface area contributed by atoms with E-state index in [-0.39, 0.29) is 11.2 Å². The molecule has 0 spiro atoms. The van der Waals surface area contributed by atoms with Gasteiger partial charge in [-0.15, -0.1) is 0 Å². The molecule has 1 saturated carbocycles. The summed E-state index contributed by atoms with van der Waals surface area (Å²) in [7, 11) is 0. The van der Waals surface area contributed by atoms with Gasteiger partial charge in [-0.25, -0.2) is 9.18 Å². The lowest BCUT2D eigenvalue weighted by molar-refractivity contribution is -0.0616. The van der Waals surface area contributed by atoms with Crippen molar-refractivity contribution in [2.75, 3.05) is 18.5 Å². The lowest BCUT2D eigenvalue weighted by atomic mass is 9.52. The van der Waals surface area contributed by atoms with Gasteiger partial charge in [0.25, 0.3) is 0 Å². The third kappa shape index (κ3) is 4.05. The van der Waals surface area contributed by atoms with Crippen LogP contribution in [-0.2, 0) is 23.0 Å². The maximum absolute atomic E-state index is 13.3. The molecule has 1 heterocycles. The van der Waals surface area contributed by atoms with Crippen LogP contribution in [0.3, 0.4) is 0 Å². The predicted molar refractivity (Wildman–Crippen MR) is 129 cm³/mol. The minimum Gasteiger partial charge on any atom is -0.450 e. The molecule has 5 heteroatoms. The van der Waals surface area contributed by atoms with Crippen molar-refractivity contribution in [3.63, 3.8) is 0 Å². The molecule has 0 aromatic heterocycles. The highest BCUT2D eigenvalue weighted by atomic mass is 19.1. The molecule has 2 fully saturated rings. The number of rotatable bonds is 5. The zero-order valence-electron chi connectivity index (χ0n) is 19.9. The summed E-state index contributed by atoms with van der Waals surface area (Å²) in [5.74, 6) is 1.18. The van der Waals surface area contributed by atoms with E-state index in [9.17, 15) is 9.18 Å². The number of halogens is 1. The van der Waals surface area contributed by atoms with E-state index in [1.807, 2.05) is 25.1 Å². The zero-order valence-corrected chi connectivity index (χ0v) is 19.9. The topological polar surface area (TPSA) is 41.6 Å². The third-order valence-electron chi connectivity index (χ3n) is 8.75. The van der Waals surface area contributed by atoms with Gasteiger partial charge in [0.2, 0.25) is 0 Å². The van der Waals surface area contributed by atoms with Gasteiger partial charge >= 0.3 is 6.09 Å². The maximum Gasteiger partial charge on any atom is 0.411 e. The predicted octanol–water partition coefficient (Wildman–Crippen LogP) is 5.94. The Morgan fingerprint density at radius 1 is 1.24 bits per heavy atom. The molecule has 176 valence electrons. The number of nitrogens with zero attached hydrogens (tertiary/aromatic N) is 1. The molecule has 5 rings (SSSR count). The van der Waals surface area contributed by atoms with E-state index in [0.29, 0.717) is 24.6 Å². The molecule has 2 aromatic rings. The average molecular weight is 451 g/mol. The SMILES string of the molecule is CCOC(=O)Nc1ccc2c(c1)[C@@]1(C)CCC3CC1C(C2)N(CCc1ccc(F)cc1)C3C. The van der Waals surface area contributed by atoms with E-state index < -0.39 is 6.09 Å². The molecule has 5 atom stereocenters. The number of likely N-dealkylation sites (tertiary alicyclic amines) is 1. The minimum atomic E-state index is -0.390. The number of carbonyl (C=O) groups is 1. The molecule has 2 aliphatic carbocycles. The van der Waals surface area contributed by atoms with Crippen molar-refractivity contribution in [3.05, 3.63) is 65.0 Å². The molecular weight excluding hydrogens is 415 g/mol. The molecule has 2 bridgehead atoms. The van der Waals surface area contributed by atoms with Crippen LogP contribution in [0, 0.1) is 17.7 Å². The number of anilines is 1. The Kier molecular flexibility index (Phi) is 5.94. The first kappa shape index (κ1) is 22.4. The molecule has 1 aliphatic heterocycles. The Morgan fingerprint density at radius 3 is 2.79 bits per heavy atom. The molecule has 4 unspecified atom stereocenters. The second-order valence-corrected chi connectivity index (χ2v) is 10.4. The maximum atomic E-state index is 13.3. The smallest absolute Gasteiger partial charge is 0.411 e. The summed E-state index contributed by atoms with van der Waals surface area (Å²) in [5, 5.41) is 2.90. The molecule has 0 radical (unpaired) electrons. The number of ether oxygens (including phenoxy) is 1. The number of benzene rings is 2. The van der Waals surface area contributed by atoms with E-state index in [1.165, 1.54) is 36.0 Å². The second-order valence-electron chi connectivity index (χ2n) is 10.4. The molecule has 33 heavy (non-hydrogen) atoms. The van der Waals surface area contributed by atoms with E-state index in [4.69, 9.17) is 4.74 Å². The van der Waals surface area contributed by atoms with Gasteiger partial charge < -0.3 is 4.74 Å². The van der Waals surface area contributed by atoms with Crippen molar-refractivity contribution < 1.29 is 13.9 Å². The number of hydrogen-bond donors (Lipinski definition) is 1. The van der Waals surface area contributed by atoms with Crippen LogP contribution in [0.2, 0.25) is 0 Å². The summed E-state index contributed by atoms with van der Waals surface area (Å²) < 4.78 is 18.4. The van der Waals surface area contributed by atoms with Gasteiger partial charge in [-0.3, -0.25) is 10.2 Å². The quantitative estimate of drug-likeness (QED) is 0.613. The van der Waals surface area contributed by atoms with Crippen LogP contribution < -0.4 is 5.32 Å². The van der Waals surface area contributed by atoms with Crippen LogP contribution in [0.1, 0.15) is 56.7 Å². The first-order valence-corrected chi connectivity index (χ1v) is 12.5. The van der Waals surface area contributed by atoms with Gasteiger partial charge in [0.15, 0.2) is 0 Å². The van der Waals surface area contributed by atoms with Gasteiger partial charge in [-0.2, -0.15) is 0 Å². The van der Waals surface area contributed by atoms with Crippen LogP contribution in [-0.4, -0.2) is 36.2 Å². The normalized spacial score (nSPS) is 30.4. The van der Waals surface area contributed by atoms with Crippen LogP contribution in [0.4, 0.5) is 14.9 Å². The highest BCUT2D eigenvalue weighted by Crippen LogP contribution is 2.56. The molecule has 2 aromatic carbocycles. The highest BCUT2D eigenvalue weighted by Gasteiger charge is 2.54. The summed E-state index contributed by atoms with van der Waals surface area (Å²) in [6.45, 7) is 8.05. The fourth-order valence-electron chi connectivity index (χ4n) is 6.95. The monoisotopic (exact) mass is 450 g/mol. The van der Waals surface area contributed by atoms with Crippen LogP contribution in [0.5, 0.6) is 0 Å². The average Bonchev–Trinajstić information content (AvgIpc) is 2.80. The summed E-state index contributed by atoms with van der Waals surface area (Å²) in [6.07, 6.45) is 5.33. The van der Waals surface area contributed by atoms with Gasteiger partial charge in [0, 0.05) is 24.3 Å². The van der Waals surface area contributed by atoms with Crippen molar-refractivity contribution in [2.24, 2.45) is 11.8 Å². The number of amides is 1. The molecular formula is C28H35FN2O2. The Morgan fingerprint density at radius 2 is 2.03 bits per heavy atom. The van der Waals surface area contributed by atoms with Crippen molar-refractivity contribution >= 4 is 11.8 Å². The molecule has 1 saturated heterocycles. The van der Waals surface area contributed by atoms with Gasteiger partial charge in [-0.1, -0.05) is 25.1 Å². The molecule has 1 amide bonds. The standard InChI is InChI=1S/C28H35FN2O2/c1-4-33-27(32)30-23-10-7-21-16-26-25-15-20(11-13-28(25,3)24(21)17-23)18(2)31(26)14-12-19-5-8-22(29)9-6-19/h5-10,17-18,20,25-26H,4,11-16H2,1-3H3,(H,30,32)/t18?,20?,25?,26?,28-/m1/s1. The highest BCUT2D eigenvalue weighted by molar-refractivity contribution is 5.84. The van der Waals surface area contributed by atoms with E-state index in [1.54, 1.807) is 12.1 Å². The van der Waals surface area contributed by atoms with Gasteiger partial charge in [-0.05, 0) is 104 Å². The fraction of sp³-hybridized carbons (Fsp3) is 0.536. The van der Waals surface area contributed by atoms with Crippen molar-refractivity contribution in [3.8, 4) is 0 Å². The van der Waals surface area contributed by atoms with E-state index in [2.05, 4.69) is 36.2 Å². The first-order chi connectivity index (χ1) is 15.9. The lowest BCUT2D eigenvalue weighted by Crippen LogP contribution is -2.63. The van der Waals surface area contributed by atoms with Crippen molar-refractivity contribution in [2.45, 2.75) is 70.4 Å². The molecule has 3 aliphatic rings. The van der Waals surface area contributed by atoms with Gasteiger partial charge in [0.05, 0.1) is 6.61 Å². The number of piperidine rings is 1. The Bertz CT molecular complexity index is 1020. The van der Waals surface area contributed by atoms with Crippen molar-refractivity contribution in [1.82, 2.24) is 4.90 Å².